The number of fused-ring (bicyclic) bond motifs is 1. The van der Waals surface area contributed by atoms with Gasteiger partial charge in [-0.05, 0) is 48.3 Å². The van der Waals surface area contributed by atoms with Crippen LogP contribution in [0.15, 0.2) is 59.5 Å². The second-order valence-corrected chi connectivity index (χ2v) is 10.2. The normalized spacial score (nSPS) is 11.9. The molecule has 13 heteroatoms. The predicted molar refractivity (Wildman–Crippen MR) is 147 cm³/mol. The van der Waals surface area contributed by atoms with Crippen molar-refractivity contribution in [1.29, 1.82) is 0 Å². The predicted octanol–water partition coefficient (Wildman–Crippen LogP) is 5.20. The van der Waals surface area contributed by atoms with Crippen LogP contribution in [0, 0.1) is 5.82 Å². The quantitative estimate of drug-likeness (QED) is 0.245. The number of ketones is 1. The van der Waals surface area contributed by atoms with Gasteiger partial charge in [0.05, 0.1) is 29.7 Å². The van der Waals surface area contributed by atoms with Gasteiger partial charge in [0.2, 0.25) is 5.82 Å². The molecular formula is C27H22ClFN6O4S. The minimum atomic E-state index is -0.687. The van der Waals surface area contributed by atoms with E-state index in [0.717, 1.165) is 4.70 Å². The number of carbonyl (C=O) groups is 3. The number of imidazole rings is 1. The van der Waals surface area contributed by atoms with E-state index in [9.17, 15) is 18.8 Å². The van der Waals surface area contributed by atoms with E-state index in [0.29, 0.717) is 22.4 Å². The summed E-state index contributed by atoms with van der Waals surface area (Å²) in [6.45, 7) is 2.86. The van der Waals surface area contributed by atoms with E-state index in [1.54, 1.807) is 19.1 Å². The number of anilines is 1. The molecule has 3 heterocycles. The summed E-state index contributed by atoms with van der Waals surface area (Å²) in [5, 5.41) is 6.37. The van der Waals surface area contributed by atoms with Gasteiger partial charge in [0, 0.05) is 16.3 Å². The Morgan fingerprint density at radius 3 is 2.73 bits per heavy atom. The second kappa shape index (κ2) is 11.4. The van der Waals surface area contributed by atoms with Crippen LogP contribution in [0.4, 0.5) is 10.2 Å². The SMILES string of the molecule is CC(=O)Cn1c(C(=O)NCc2cnco2)nc(NC(=O)c2nsc3ccccc23)c1[C@H](C)c1cc(F)ccc1Cl. The smallest absolute Gasteiger partial charge is 0.287 e. The van der Waals surface area contributed by atoms with Crippen molar-refractivity contribution in [2.45, 2.75) is 32.9 Å². The number of nitrogens with one attached hydrogen (secondary N) is 2. The minimum Gasteiger partial charge on any atom is -0.447 e. The fraction of sp³-hybridized carbons (Fsp3) is 0.185. The molecule has 0 spiro atoms. The maximum Gasteiger partial charge on any atom is 0.287 e. The highest BCUT2D eigenvalue weighted by Crippen LogP contribution is 2.36. The van der Waals surface area contributed by atoms with Crippen LogP contribution in [-0.4, -0.2) is 36.5 Å². The molecule has 1 atom stereocenters. The molecule has 2 aromatic carbocycles. The highest BCUT2D eigenvalue weighted by atomic mass is 35.5. The summed E-state index contributed by atoms with van der Waals surface area (Å²) in [6.07, 6.45) is 2.68. The average molecular weight is 581 g/mol. The first-order chi connectivity index (χ1) is 19.2. The van der Waals surface area contributed by atoms with Crippen molar-refractivity contribution in [3.05, 3.63) is 94.4 Å². The second-order valence-electron chi connectivity index (χ2n) is 8.98. The van der Waals surface area contributed by atoms with Gasteiger partial charge in [0.1, 0.15) is 23.1 Å². The van der Waals surface area contributed by atoms with Crippen molar-refractivity contribution in [1.82, 2.24) is 24.2 Å². The zero-order valence-electron chi connectivity index (χ0n) is 21.3. The largest absolute Gasteiger partial charge is 0.447 e. The number of rotatable bonds is 9. The monoisotopic (exact) mass is 580 g/mol. The number of carbonyl (C=O) groups excluding carboxylic acids is 3. The Hall–Kier alpha value is -4.42. The number of aromatic nitrogens is 4. The number of hydrogen-bond donors (Lipinski definition) is 2. The lowest BCUT2D eigenvalue weighted by atomic mass is 9.96. The maximum atomic E-state index is 14.3. The van der Waals surface area contributed by atoms with E-state index in [1.807, 2.05) is 12.1 Å². The molecule has 2 N–H and O–H groups in total. The Bertz CT molecular complexity index is 1730. The highest BCUT2D eigenvalue weighted by Gasteiger charge is 2.30. The number of amides is 2. The molecule has 0 aliphatic carbocycles. The van der Waals surface area contributed by atoms with Crippen LogP contribution in [0.3, 0.4) is 0 Å². The van der Waals surface area contributed by atoms with Gasteiger partial charge in [-0.1, -0.05) is 36.7 Å². The maximum absolute atomic E-state index is 14.3. The average Bonchev–Trinajstić information content (AvgIpc) is 3.67. The summed E-state index contributed by atoms with van der Waals surface area (Å²) >= 11 is 7.60. The highest BCUT2D eigenvalue weighted by molar-refractivity contribution is 7.13. The topological polar surface area (TPSA) is 132 Å². The van der Waals surface area contributed by atoms with Crippen LogP contribution < -0.4 is 10.6 Å². The Morgan fingerprint density at radius 1 is 1.18 bits per heavy atom. The lowest BCUT2D eigenvalue weighted by Crippen LogP contribution is -2.28. The molecule has 2 amide bonds. The van der Waals surface area contributed by atoms with Crippen LogP contribution in [0.2, 0.25) is 5.02 Å². The summed E-state index contributed by atoms with van der Waals surface area (Å²) in [5.74, 6) is -2.38. The van der Waals surface area contributed by atoms with Gasteiger partial charge in [0.25, 0.3) is 11.8 Å². The molecule has 5 aromatic rings. The van der Waals surface area contributed by atoms with Crippen LogP contribution in [0.5, 0.6) is 0 Å². The third-order valence-corrected chi connectivity index (χ3v) is 7.33. The molecule has 0 aliphatic heterocycles. The van der Waals surface area contributed by atoms with E-state index in [1.165, 1.54) is 53.8 Å². The molecule has 40 heavy (non-hydrogen) atoms. The van der Waals surface area contributed by atoms with E-state index >= 15 is 0 Å². The van der Waals surface area contributed by atoms with E-state index in [4.69, 9.17) is 16.0 Å². The van der Waals surface area contributed by atoms with E-state index < -0.39 is 23.5 Å². The van der Waals surface area contributed by atoms with Crippen LogP contribution in [-0.2, 0) is 17.9 Å². The van der Waals surface area contributed by atoms with Gasteiger partial charge in [0.15, 0.2) is 12.2 Å². The van der Waals surface area contributed by atoms with Crippen molar-refractivity contribution in [3.63, 3.8) is 0 Å². The molecule has 0 saturated heterocycles. The first-order valence-electron chi connectivity index (χ1n) is 12.1. The van der Waals surface area contributed by atoms with Gasteiger partial charge in [-0.2, -0.15) is 4.37 Å². The van der Waals surface area contributed by atoms with Crippen molar-refractivity contribution >= 4 is 56.6 Å². The zero-order chi connectivity index (χ0) is 28.4. The molecule has 204 valence electrons. The number of oxazole rings is 1. The third kappa shape index (κ3) is 5.49. The first kappa shape index (κ1) is 27.2. The van der Waals surface area contributed by atoms with Crippen molar-refractivity contribution in [3.8, 4) is 0 Å². The van der Waals surface area contributed by atoms with E-state index in [-0.39, 0.29) is 41.2 Å². The molecule has 3 aromatic heterocycles. The molecule has 10 nitrogen and oxygen atoms in total. The Labute approximate surface area is 236 Å². The van der Waals surface area contributed by atoms with Gasteiger partial charge in [-0.15, -0.1) is 0 Å². The lowest BCUT2D eigenvalue weighted by molar-refractivity contribution is -0.117. The van der Waals surface area contributed by atoms with Crippen molar-refractivity contribution in [2.24, 2.45) is 0 Å². The molecular weight excluding hydrogens is 559 g/mol. The number of hydrogen-bond acceptors (Lipinski definition) is 8. The van der Waals surface area contributed by atoms with Gasteiger partial charge < -0.3 is 19.6 Å². The summed E-state index contributed by atoms with van der Waals surface area (Å²) in [7, 11) is 0. The summed E-state index contributed by atoms with van der Waals surface area (Å²) in [6, 6.07) is 11.2. The Balaban J connectivity index is 1.61. The minimum absolute atomic E-state index is 0.0128. The Morgan fingerprint density at radius 2 is 1.98 bits per heavy atom. The van der Waals surface area contributed by atoms with Crippen LogP contribution >= 0.6 is 23.1 Å². The van der Waals surface area contributed by atoms with Gasteiger partial charge >= 0.3 is 0 Å². The van der Waals surface area contributed by atoms with Gasteiger partial charge in [-0.3, -0.25) is 14.4 Å². The number of benzene rings is 2. The number of halogens is 2. The Kier molecular flexibility index (Phi) is 7.71. The molecule has 0 radical (unpaired) electrons. The summed E-state index contributed by atoms with van der Waals surface area (Å²) in [5.41, 5.74) is 0.857. The number of nitrogens with zero attached hydrogens (tertiary/aromatic N) is 4. The van der Waals surface area contributed by atoms with Gasteiger partial charge in [-0.25, -0.2) is 14.4 Å². The molecule has 0 fully saturated rings. The van der Waals surface area contributed by atoms with Crippen LogP contribution in [0.25, 0.3) is 10.1 Å². The van der Waals surface area contributed by atoms with Crippen LogP contribution in [0.1, 0.15) is 57.9 Å². The fourth-order valence-corrected chi connectivity index (χ4v) is 5.39. The molecule has 5 rings (SSSR count). The molecule has 0 aliphatic rings. The van der Waals surface area contributed by atoms with E-state index in [2.05, 4.69) is 25.0 Å². The summed E-state index contributed by atoms with van der Waals surface area (Å²) in [4.78, 5) is 47.3. The van der Waals surface area contributed by atoms with Crippen molar-refractivity contribution in [2.75, 3.05) is 5.32 Å². The molecule has 0 unspecified atom stereocenters. The third-order valence-electron chi connectivity index (χ3n) is 6.16. The van der Waals surface area contributed by atoms with Crippen molar-refractivity contribution < 1.29 is 23.2 Å². The number of Topliss-reactive ketones (excluding diaryl/α,β-unsaturated/α-hetero) is 1. The first-order valence-corrected chi connectivity index (χ1v) is 13.2. The standard InChI is InChI=1S/C27H22ClFN6O4S/c1-14(36)12-35-23(15(2)19-9-16(29)7-8-20(19)28)24(32-25(35)27(38)31-11-17-10-30-13-39-17)33-26(37)22-18-5-3-4-6-21(18)40-34-22/h3-10,13,15H,11-12H2,1-2H3,(H,31,38)(H,33,37)/t15-/m1/s1. The lowest BCUT2D eigenvalue weighted by Gasteiger charge is -2.19. The zero-order valence-corrected chi connectivity index (χ0v) is 22.8. The molecule has 0 saturated carbocycles. The molecule has 0 bridgehead atoms. The summed E-state index contributed by atoms with van der Waals surface area (Å²) < 4.78 is 25.9. The fourth-order valence-electron chi connectivity index (χ4n) is 4.34.